The van der Waals surface area contributed by atoms with Gasteiger partial charge in [0.1, 0.15) is 18.1 Å². The van der Waals surface area contributed by atoms with Gasteiger partial charge in [0.2, 0.25) is 0 Å². The molecule has 0 N–H and O–H groups in total. The fourth-order valence-electron chi connectivity index (χ4n) is 1.84. The molecule has 0 aliphatic heterocycles. The Morgan fingerprint density at radius 3 is 2.26 bits per heavy atom. The molecule has 0 saturated heterocycles. The van der Waals surface area contributed by atoms with Crippen LogP contribution < -0.4 is 4.74 Å². The number of nitro groups is 1. The number of hydrogen-bond donors (Lipinski definition) is 0. The van der Waals surface area contributed by atoms with Crippen LogP contribution in [0.25, 0.3) is 0 Å². The van der Waals surface area contributed by atoms with E-state index in [1.807, 2.05) is 6.07 Å². The van der Waals surface area contributed by atoms with Crippen molar-refractivity contribution in [2.24, 2.45) is 0 Å². The van der Waals surface area contributed by atoms with Gasteiger partial charge in [-0.1, -0.05) is 53.5 Å². The molecule has 0 saturated carbocycles. The normalized spacial score (nSPS) is 10.9. The third-order valence-corrected chi connectivity index (χ3v) is 3.15. The number of likely N-dealkylation sites (N-methyl/N-ethyl adjacent to an activating group) is 1. The van der Waals surface area contributed by atoms with Crippen LogP contribution in [0.15, 0.2) is 72.4 Å². The van der Waals surface area contributed by atoms with Crippen molar-refractivity contribution in [1.82, 2.24) is 5.01 Å². The van der Waals surface area contributed by atoms with Crippen LogP contribution in [0.5, 0.6) is 5.75 Å². The summed E-state index contributed by atoms with van der Waals surface area (Å²) in [5, 5.41) is 11.2. The molecule has 0 heterocycles. The van der Waals surface area contributed by atoms with Gasteiger partial charge in [0.05, 0.1) is 7.05 Å². The molecular formula is C17H16N2O4. The van der Waals surface area contributed by atoms with Gasteiger partial charge in [-0.15, -0.1) is 0 Å². The Bertz CT molecular complexity index is 699. The molecule has 0 amide bonds. The molecule has 6 heteroatoms. The summed E-state index contributed by atoms with van der Waals surface area (Å²) in [4.78, 5) is 23.2. The molecule has 0 aromatic heterocycles. The minimum atomic E-state index is -0.599. The molecule has 6 nitrogen and oxygen atoms in total. The molecule has 2 rings (SSSR count). The Kier molecular flexibility index (Phi) is 5.46. The average molecular weight is 312 g/mol. The summed E-state index contributed by atoms with van der Waals surface area (Å²) in [6.07, 6.45) is 1.22. The van der Waals surface area contributed by atoms with E-state index < -0.39 is 5.03 Å². The quantitative estimate of drug-likeness (QED) is 0.340. The molecule has 0 fully saturated rings. The number of benzene rings is 2. The monoisotopic (exact) mass is 312 g/mol. The summed E-state index contributed by atoms with van der Waals surface area (Å²) in [6, 6.07) is 17.5. The van der Waals surface area contributed by atoms with Crippen LogP contribution in [-0.4, -0.2) is 29.5 Å². The highest BCUT2D eigenvalue weighted by Crippen LogP contribution is 2.12. The van der Waals surface area contributed by atoms with Crippen molar-refractivity contribution in [3.05, 3.63) is 88.1 Å². The molecule has 0 radical (unpaired) electrons. The number of hydrazine groups is 1. The third-order valence-electron chi connectivity index (χ3n) is 3.15. The summed E-state index contributed by atoms with van der Waals surface area (Å²) >= 11 is 0. The number of rotatable bonds is 7. The van der Waals surface area contributed by atoms with Crippen LogP contribution in [0.1, 0.15) is 10.4 Å². The SMILES string of the molecule is CN(C(=CC(=O)c1ccccc1)COc1ccccc1)[N+](=O)[O-]. The maximum atomic E-state index is 12.2. The topological polar surface area (TPSA) is 72.7 Å². The van der Waals surface area contributed by atoms with Gasteiger partial charge >= 0.3 is 0 Å². The first-order valence-electron chi connectivity index (χ1n) is 6.94. The molecule has 0 atom stereocenters. The smallest absolute Gasteiger partial charge is 0.187 e. The Labute approximate surface area is 133 Å². The first kappa shape index (κ1) is 16.2. The lowest BCUT2D eigenvalue weighted by Gasteiger charge is -2.14. The zero-order valence-electron chi connectivity index (χ0n) is 12.6. The number of ketones is 1. The van der Waals surface area contributed by atoms with Gasteiger partial charge in [0.25, 0.3) is 0 Å². The van der Waals surface area contributed by atoms with E-state index in [1.54, 1.807) is 54.6 Å². The van der Waals surface area contributed by atoms with Crippen LogP contribution in [0, 0.1) is 10.1 Å². The number of carbonyl (C=O) groups excluding carboxylic acids is 1. The van der Waals surface area contributed by atoms with Gasteiger partial charge in [0, 0.05) is 11.6 Å². The lowest BCUT2D eigenvalue weighted by atomic mass is 10.1. The van der Waals surface area contributed by atoms with E-state index in [-0.39, 0.29) is 18.1 Å². The standard InChI is InChI=1S/C17H16N2O4/c1-18(19(21)22)15(13-23-16-10-6-3-7-11-16)12-17(20)14-8-4-2-5-9-14/h2-12H,13H2,1H3. The van der Waals surface area contributed by atoms with E-state index in [9.17, 15) is 14.9 Å². The maximum absolute atomic E-state index is 12.2. The number of carbonyl (C=O) groups is 1. The van der Waals surface area contributed by atoms with Crippen molar-refractivity contribution in [1.29, 1.82) is 0 Å². The van der Waals surface area contributed by atoms with E-state index in [4.69, 9.17) is 4.74 Å². The van der Waals surface area contributed by atoms with Gasteiger partial charge in [-0.25, -0.2) is 10.1 Å². The van der Waals surface area contributed by atoms with Crippen molar-refractivity contribution in [2.75, 3.05) is 13.7 Å². The summed E-state index contributed by atoms with van der Waals surface area (Å²) in [6.45, 7) is -0.0833. The maximum Gasteiger partial charge on any atom is 0.187 e. The molecule has 0 bridgehead atoms. The van der Waals surface area contributed by atoms with Crippen LogP contribution in [0.4, 0.5) is 0 Å². The van der Waals surface area contributed by atoms with Gasteiger partial charge < -0.3 is 4.74 Å². The highest BCUT2D eigenvalue weighted by atomic mass is 16.7. The zero-order chi connectivity index (χ0) is 16.7. The number of allylic oxidation sites excluding steroid dienone is 1. The van der Waals surface area contributed by atoms with Crippen LogP contribution in [-0.2, 0) is 0 Å². The Morgan fingerprint density at radius 2 is 1.70 bits per heavy atom. The van der Waals surface area contributed by atoms with Crippen molar-refractivity contribution in [2.45, 2.75) is 0 Å². The molecule has 0 unspecified atom stereocenters. The summed E-state index contributed by atoms with van der Waals surface area (Å²) < 4.78 is 5.51. The minimum Gasteiger partial charge on any atom is -0.487 e. The van der Waals surface area contributed by atoms with Gasteiger partial charge in [-0.3, -0.25) is 4.79 Å². The highest BCUT2D eigenvalue weighted by Gasteiger charge is 2.17. The van der Waals surface area contributed by atoms with E-state index in [1.165, 1.54) is 13.1 Å². The molecule has 0 spiro atoms. The number of para-hydroxylation sites is 1. The zero-order valence-corrected chi connectivity index (χ0v) is 12.6. The fourth-order valence-corrected chi connectivity index (χ4v) is 1.84. The lowest BCUT2D eigenvalue weighted by Crippen LogP contribution is -2.28. The second-order valence-corrected chi connectivity index (χ2v) is 4.73. The predicted molar refractivity (Wildman–Crippen MR) is 85.5 cm³/mol. The second kappa shape index (κ2) is 7.74. The van der Waals surface area contributed by atoms with E-state index in [0.717, 1.165) is 5.01 Å². The molecule has 0 aliphatic rings. The van der Waals surface area contributed by atoms with Gasteiger partial charge in [-0.05, 0) is 12.1 Å². The molecule has 0 aliphatic carbocycles. The molecule has 2 aromatic rings. The van der Waals surface area contributed by atoms with Gasteiger partial charge in [0.15, 0.2) is 10.8 Å². The second-order valence-electron chi connectivity index (χ2n) is 4.73. The Balaban J connectivity index is 2.18. The van der Waals surface area contributed by atoms with E-state index in [0.29, 0.717) is 11.3 Å². The first-order valence-corrected chi connectivity index (χ1v) is 6.94. The summed E-state index contributed by atoms with van der Waals surface area (Å²) in [5.41, 5.74) is 0.620. The molecule has 23 heavy (non-hydrogen) atoms. The van der Waals surface area contributed by atoms with Crippen molar-refractivity contribution >= 4 is 5.78 Å². The lowest BCUT2D eigenvalue weighted by molar-refractivity contribution is -0.637. The van der Waals surface area contributed by atoms with Crippen molar-refractivity contribution in [3.63, 3.8) is 0 Å². The van der Waals surface area contributed by atoms with Crippen LogP contribution in [0.2, 0.25) is 0 Å². The first-order chi connectivity index (χ1) is 11.1. The predicted octanol–water partition coefficient (Wildman–Crippen LogP) is 2.96. The number of nitrogens with zero attached hydrogens (tertiary/aromatic N) is 2. The fraction of sp³-hybridized carbons (Fsp3) is 0.118. The van der Waals surface area contributed by atoms with E-state index in [2.05, 4.69) is 0 Å². The number of ether oxygens (including phenoxy) is 1. The van der Waals surface area contributed by atoms with Crippen LogP contribution in [0.3, 0.4) is 0 Å². The van der Waals surface area contributed by atoms with E-state index >= 15 is 0 Å². The van der Waals surface area contributed by atoms with Crippen LogP contribution >= 0.6 is 0 Å². The molecule has 118 valence electrons. The average Bonchev–Trinajstić information content (AvgIpc) is 2.59. The highest BCUT2D eigenvalue weighted by molar-refractivity contribution is 6.04. The van der Waals surface area contributed by atoms with Crippen molar-refractivity contribution in [3.8, 4) is 5.75 Å². The van der Waals surface area contributed by atoms with Crippen molar-refractivity contribution < 1.29 is 14.6 Å². The molecule has 2 aromatic carbocycles. The summed E-state index contributed by atoms with van der Waals surface area (Å²) in [7, 11) is 1.28. The minimum absolute atomic E-state index is 0.0833. The Hall–Kier alpha value is -3.15. The number of hydrogen-bond acceptors (Lipinski definition) is 4. The Morgan fingerprint density at radius 1 is 1.13 bits per heavy atom. The third kappa shape index (κ3) is 4.67. The molecular weight excluding hydrogens is 296 g/mol. The van der Waals surface area contributed by atoms with Gasteiger partial charge in [-0.2, -0.15) is 0 Å². The summed E-state index contributed by atoms with van der Waals surface area (Å²) in [5.74, 6) is 0.258. The largest absolute Gasteiger partial charge is 0.487 e.